The largest absolute Gasteiger partial charge is 0.390 e. The van der Waals surface area contributed by atoms with Crippen LogP contribution in [0.4, 0.5) is 0 Å². The molecule has 68 valence electrons. The zero-order valence-corrected chi connectivity index (χ0v) is 7.36. The van der Waals surface area contributed by atoms with E-state index in [2.05, 4.69) is 0 Å². The van der Waals surface area contributed by atoms with Crippen LogP contribution in [0.1, 0.15) is 20.3 Å². The Labute approximate surface area is 71.7 Å². The average molecular weight is 170 g/mol. The topological polar surface area (TPSA) is 38.7 Å². The highest BCUT2D eigenvalue weighted by Gasteiger charge is 2.65. The van der Waals surface area contributed by atoms with E-state index in [1.165, 1.54) is 0 Å². The molecule has 12 heavy (non-hydrogen) atoms. The van der Waals surface area contributed by atoms with Gasteiger partial charge in [0.1, 0.15) is 6.10 Å². The molecular weight excluding hydrogens is 156 g/mol. The molecule has 3 rings (SSSR count). The first-order chi connectivity index (χ1) is 5.58. The van der Waals surface area contributed by atoms with E-state index in [0.29, 0.717) is 11.8 Å². The first-order valence-corrected chi connectivity index (χ1v) is 4.62. The van der Waals surface area contributed by atoms with Gasteiger partial charge in [-0.3, -0.25) is 0 Å². The van der Waals surface area contributed by atoms with Gasteiger partial charge in [0.15, 0.2) is 5.79 Å². The van der Waals surface area contributed by atoms with Crippen LogP contribution in [0.25, 0.3) is 0 Å². The summed E-state index contributed by atoms with van der Waals surface area (Å²) in [5.41, 5.74) is 0. The fourth-order valence-corrected chi connectivity index (χ4v) is 2.66. The lowest BCUT2D eigenvalue weighted by Gasteiger charge is -2.19. The van der Waals surface area contributed by atoms with Crippen LogP contribution in [0.3, 0.4) is 0 Å². The number of fused-ring (bicyclic) bond motifs is 3. The summed E-state index contributed by atoms with van der Waals surface area (Å²) >= 11 is 0. The standard InChI is InChI=1S/C9H14O3/c1-9(2)11-7-5-3-4(5)6(10)8(7)12-9/h4-8,10H,3H2,1-2H3. The number of hydrogen-bond donors (Lipinski definition) is 1. The molecular formula is C9H14O3. The van der Waals surface area contributed by atoms with E-state index < -0.39 is 5.79 Å². The molecule has 0 aromatic rings. The van der Waals surface area contributed by atoms with Gasteiger partial charge in [0.2, 0.25) is 0 Å². The van der Waals surface area contributed by atoms with E-state index in [0.717, 1.165) is 6.42 Å². The maximum Gasteiger partial charge on any atom is 0.163 e. The quantitative estimate of drug-likeness (QED) is 0.576. The minimum Gasteiger partial charge on any atom is -0.390 e. The second-order valence-corrected chi connectivity index (χ2v) is 4.62. The zero-order chi connectivity index (χ0) is 8.51. The summed E-state index contributed by atoms with van der Waals surface area (Å²) in [6.45, 7) is 3.82. The van der Waals surface area contributed by atoms with E-state index in [4.69, 9.17) is 9.47 Å². The van der Waals surface area contributed by atoms with Crippen molar-refractivity contribution >= 4 is 0 Å². The lowest BCUT2D eigenvalue weighted by atomic mass is 10.1. The average Bonchev–Trinajstić information content (AvgIpc) is 2.62. The van der Waals surface area contributed by atoms with Crippen LogP contribution in [0.15, 0.2) is 0 Å². The fraction of sp³-hybridized carbons (Fsp3) is 1.00. The van der Waals surface area contributed by atoms with Gasteiger partial charge in [0.05, 0.1) is 12.2 Å². The molecule has 1 N–H and O–H groups in total. The lowest BCUT2D eigenvalue weighted by molar-refractivity contribution is -0.162. The molecule has 0 radical (unpaired) electrons. The summed E-state index contributed by atoms with van der Waals surface area (Å²) in [7, 11) is 0. The number of rotatable bonds is 0. The van der Waals surface area contributed by atoms with Crippen LogP contribution < -0.4 is 0 Å². The Morgan fingerprint density at radius 2 is 1.83 bits per heavy atom. The normalized spacial score (nSPS) is 59.8. The SMILES string of the molecule is CC1(C)OC2C(O)C3CC3C2O1. The number of ether oxygens (including phenoxy) is 2. The van der Waals surface area contributed by atoms with Gasteiger partial charge >= 0.3 is 0 Å². The molecule has 0 amide bonds. The van der Waals surface area contributed by atoms with Crippen LogP contribution in [0, 0.1) is 11.8 Å². The summed E-state index contributed by atoms with van der Waals surface area (Å²) in [5.74, 6) is 0.562. The van der Waals surface area contributed by atoms with Gasteiger partial charge in [-0.15, -0.1) is 0 Å². The van der Waals surface area contributed by atoms with Crippen LogP contribution >= 0.6 is 0 Å². The Kier molecular flexibility index (Phi) is 1.13. The predicted octanol–water partition coefficient (Wildman–Crippen LogP) is 0.517. The second-order valence-electron chi connectivity index (χ2n) is 4.62. The van der Waals surface area contributed by atoms with E-state index in [1.54, 1.807) is 0 Å². The van der Waals surface area contributed by atoms with Gasteiger partial charge in [0, 0.05) is 0 Å². The molecule has 0 spiro atoms. The Morgan fingerprint density at radius 1 is 1.17 bits per heavy atom. The highest BCUT2D eigenvalue weighted by Crippen LogP contribution is 2.57. The van der Waals surface area contributed by atoms with Crippen LogP contribution in [-0.2, 0) is 9.47 Å². The molecule has 2 aliphatic carbocycles. The molecule has 1 heterocycles. The maximum absolute atomic E-state index is 9.74. The summed E-state index contributed by atoms with van der Waals surface area (Å²) < 4.78 is 11.3. The molecule has 5 atom stereocenters. The van der Waals surface area contributed by atoms with Gasteiger partial charge in [0.25, 0.3) is 0 Å². The summed E-state index contributed by atoms with van der Waals surface area (Å²) in [5, 5.41) is 9.74. The van der Waals surface area contributed by atoms with Gasteiger partial charge in [-0.2, -0.15) is 0 Å². The molecule has 3 nitrogen and oxygen atoms in total. The molecule has 0 bridgehead atoms. The third-order valence-corrected chi connectivity index (χ3v) is 3.25. The van der Waals surface area contributed by atoms with E-state index in [9.17, 15) is 5.11 Å². The molecule has 0 aromatic carbocycles. The molecule has 3 heteroatoms. The molecule has 3 aliphatic rings. The van der Waals surface area contributed by atoms with Crippen molar-refractivity contribution in [3.8, 4) is 0 Å². The van der Waals surface area contributed by atoms with Crippen molar-refractivity contribution in [2.24, 2.45) is 11.8 Å². The van der Waals surface area contributed by atoms with Gasteiger partial charge in [-0.05, 0) is 32.1 Å². The third kappa shape index (κ3) is 0.767. The van der Waals surface area contributed by atoms with Gasteiger partial charge in [-0.1, -0.05) is 0 Å². The monoisotopic (exact) mass is 170 g/mol. The van der Waals surface area contributed by atoms with Crippen molar-refractivity contribution in [1.82, 2.24) is 0 Å². The van der Waals surface area contributed by atoms with Crippen molar-refractivity contribution in [2.45, 2.75) is 44.4 Å². The summed E-state index contributed by atoms with van der Waals surface area (Å²) in [4.78, 5) is 0. The first-order valence-electron chi connectivity index (χ1n) is 4.62. The van der Waals surface area contributed by atoms with Crippen molar-refractivity contribution in [2.75, 3.05) is 0 Å². The predicted molar refractivity (Wildman–Crippen MR) is 41.4 cm³/mol. The molecule has 1 aliphatic heterocycles. The lowest BCUT2D eigenvalue weighted by Crippen LogP contribution is -2.31. The Bertz CT molecular complexity index is 218. The van der Waals surface area contributed by atoms with Crippen LogP contribution in [-0.4, -0.2) is 29.2 Å². The molecule has 3 fully saturated rings. The highest BCUT2D eigenvalue weighted by atomic mass is 16.8. The van der Waals surface area contributed by atoms with Crippen LogP contribution in [0.5, 0.6) is 0 Å². The molecule has 5 unspecified atom stereocenters. The third-order valence-electron chi connectivity index (χ3n) is 3.25. The van der Waals surface area contributed by atoms with E-state index in [-0.39, 0.29) is 18.3 Å². The molecule has 0 aromatic heterocycles. The Hall–Kier alpha value is -0.120. The number of aliphatic hydroxyl groups excluding tert-OH is 1. The van der Waals surface area contributed by atoms with E-state index >= 15 is 0 Å². The minimum absolute atomic E-state index is 0.0521. The van der Waals surface area contributed by atoms with Crippen molar-refractivity contribution in [3.05, 3.63) is 0 Å². The zero-order valence-electron chi connectivity index (χ0n) is 7.36. The second kappa shape index (κ2) is 1.86. The fourth-order valence-electron chi connectivity index (χ4n) is 2.66. The molecule has 2 saturated carbocycles. The van der Waals surface area contributed by atoms with E-state index in [1.807, 2.05) is 13.8 Å². The number of aliphatic hydroxyl groups is 1. The van der Waals surface area contributed by atoms with Crippen LogP contribution in [0.2, 0.25) is 0 Å². The summed E-state index contributed by atoms with van der Waals surface area (Å²) in [6, 6.07) is 0. The Balaban J connectivity index is 1.86. The molecule has 1 saturated heterocycles. The minimum atomic E-state index is -0.482. The Morgan fingerprint density at radius 3 is 2.50 bits per heavy atom. The first kappa shape index (κ1) is 7.30. The smallest absolute Gasteiger partial charge is 0.163 e. The van der Waals surface area contributed by atoms with Gasteiger partial charge in [-0.25, -0.2) is 0 Å². The van der Waals surface area contributed by atoms with Crippen molar-refractivity contribution < 1.29 is 14.6 Å². The van der Waals surface area contributed by atoms with Crippen molar-refractivity contribution in [1.29, 1.82) is 0 Å². The van der Waals surface area contributed by atoms with Gasteiger partial charge < -0.3 is 14.6 Å². The highest BCUT2D eigenvalue weighted by molar-refractivity contribution is 5.12. The van der Waals surface area contributed by atoms with Crippen molar-refractivity contribution in [3.63, 3.8) is 0 Å². The summed E-state index contributed by atoms with van der Waals surface area (Å²) in [6.07, 6.45) is 0.965. The maximum atomic E-state index is 9.74. The number of hydrogen-bond acceptors (Lipinski definition) is 3.